The van der Waals surface area contributed by atoms with Gasteiger partial charge in [-0.05, 0) is 12.5 Å². The van der Waals surface area contributed by atoms with E-state index in [1.807, 2.05) is 24.3 Å². The van der Waals surface area contributed by atoms with Gasteiger partial charge in [0, 0.05) is 25.3 Å². The van der Waals surface area contributed by atoms with E-state index in [0.29, 0.717) is 19.7 Å². The Kier molecular flexibility index (Phi) is 9.87. The SMILES string of the molecule is CCCCCCOCC(O)CNCc1ccccc1OC. The predicted molar refractivity (Wildman–Crippen MR) is 85.7 cm³/mol. The summed E-state index contributed by atoms with van der Waals surface area (Å²) >= 11 is 0. The summed E-state index contributed by atoms with van der Waals surface area (Å²) in [4.78, 5) is 0. The number of ether oxygens (including phenoxy) is 2. The van der Waals surface area contributed by atoms with E-state index in [1.54, 1.807) is 7.11 Å². The molecule has 0 aliphatic heterocycles. The maximum atomic E-state index is 9.84. The highest BCUT2D eigenvalue weighted by Crippen LogP contribution is 2.16. The minimum Gasteiger partial charge on any atom is -0.496 e. The summed E-state index contributed by atoms with van der Waals surface area (Å²) in [6, 6.07) is 7.88. The van der Waals surface area contributed by atoms with Gasteiger partial charge in [-0.15, -0.1) is 0 Å². The highest BCUT2D eigenvalue weighted by molar-refractivity contribution is 5.32. The van der Waals surface area contributed by atoms with Crippen LogP contribution in [0.25, 0.3) is 0 Å². The van der Waals surface area contributed by atoms with Crippen LogP contribution in [0.1, 0.15) is 38.2 Å². The molecule has 1 unspecified atom stereocenters. The first kappa shape index (κ1) is 18.0. The van der Waals surface area contributed by atoms with Gasteiger partial charge < -0.3 is 19.9 Å². The first-order valence-electron chi connectivity index (χ1n) is 7.86. The van der Waals surface area contributed by atoms with Crippen molar-refractivity contribution < 1.29 is 14.6 Å². The zero-order valence-electron chi connectivity index (χ0n) is 13.3. The van der Waals surface area contributed by atoms with Crippen molar-refractivity contribution in [1.82, 2.24) is 5.32 Å². The van der Waals surface area contributed by atoms with E-state index >= 15 is 0 Å². The lowest BCUT2D eigenvalue weighted by Gasteiger charge is -2.13. The molecule has 4 nitrogen and oxygen atoms in total. The molecule has 1 aromatic rings. The van der Waals surface area contributed by atoms with Crippen molar-refractivity contribution in [2.75, 3.05) is 26.9 Å². The van der Waals surface area contributed by atoms with Crippen LogP contribution in [0.3, 0.4) is 0 Å². The zero-order valence-corrected chi connectivity index (χ0v) is 13.3. The number of benzene rings is 1. The monoisotopic (exact) mass is 295 g/mol. The second-order valence-electron chi connectivity index (χ2n) is 5.23. The van der Waals surface area contributed by atoms with Crippen LogP contribution >= 0.6 is 0 Å². The average molecular weight is 295 g/mol. The van der Waals surface area contributed by atoms with Crippen LogP contribution < -0.4 is 10.1 Å². The van der Waals surface area contributed by atoms with Gasteiger partial charge in [-0.3, -0.25) is 0 Å². The molecule has 0 amide bonds. The van der Waals surface area contributed by atoms with Crippen molar-refractivity contribution in [3.63, 3.8) is 0 Å². The van der Waals surface area contributed by atoms with Gasteiger partial charge >= 0.3 is 0 Å². The second-order valence-corrected chi connectivity index (χ2v) is 5.23. The van der Waals surface area contributed by atoms with Gasteiger partial charge in [0.2, 0.25) is 0 Å². The highest BCUT2D eigenvalue weighted by atomic mass is 16.5. The van der Waals surface area contributed by atoms with E-state index in [9.17, 15) is 5.11 Å². The Morgan fingerprint density at radius 2 is 2.00 bits per heavy atom. The molecule has 0 fully saturated rings. The molecule has 0 saturated carbocycles. The summed E-state index contributed by atoms with van der Waals surface area (Å²) in [5.74, 6) is 0.867. The lowest BCUT2D eigenvalue weighted by molar-refractivity contribution is 0.0353. The maximum absolute atomic E-state index is 9.84. The van der Waals surface area contributed by atoms with Crippen LogP contribution in [-0.2, 0) is 11.3 Å². The van der Waals surface area contributed by atoms with Crippen LogP contribution in [0, 0.1) is 0 Å². The molecular formula is C17H29NO3. The normalized spacial score (nSPS) is 12.3. The Bertz CT molecular complexity index is 371. The van der Waals surface area contributed by atoms with E-state index in [1.165, 1.54) is 19.3 Å². The van der Waals surface area contributed by atoms with Gasteiger partial charge in [0.1, 0.15) is 5.75 Å². The molecule has 0 bridgehead atoms. The summed E-state index contributed by atoms with van der Waals surface area (Å²) < 4.78 is 10.8. The third-order valence-corrected chi connectivity index (χ3v) is 3.34. The molecular weight excluding hydrogens is 266 g/mol. The first-order chi connectivity index (χ1) is 10.3. The van der Waals surface area contributed by atoms with E-state index in [4.69, 9.17) is 9.47 Å². The summed E-state index contributed by atoms with van der Waals surface area (Å²) in [6.07, 6.45) is 4.31. The summed E-state index contributed by atoms with van der Waals surface area (Å²) in [7, 11) is 1.67. The minimum atomic E-state index is -0.467. The molecule has 1 aromatic carbocycles. The van der Waals surface area contributed by atoms with Crippen LogP contribution in [0.15, 0.2) is 24.3 Å². The number of aliphatic hydroxyl groups is 1. The molecule has 0 saturated heterocycles. The topological polar surface area (TPSA) is 50.7 Å². The number of unbranched alkanes of at least 4 members (excludes halogenated alkanes) is 3. The predicted octanol–water partition coefficient (Wildman–Crippen LogP) is 2.74. The summed E-state index contributed by atoms with van der Waals surface area (Å²) in [5, 5.41) is 13.1. The Labute approximate surface area is 128 Å². The fraction of sp³-hybridized carbons (Fsp3) is 0.647. The van der Waals surface area contributed by atoms with E-state index in [-0.39, 0.29) is 0 Å². The minimum absolute atomic E-state index is 0.394. The largest absolute Gasteiger partial charge is 0.496 e. The quantitative estimate of drug-likeness (QED) is 0.582. The molecule has 1 rings (SSSR count). The number of rotatable bonds is 12. The van der Waals surface area contributed by atoms with Gasteiger partial charge in [-0.2, -0.15) is 0 Å². The second kappa shape index (κ2) is 11.5. The summed E-state index contributed by atoms with van der Waals surface area (Å²) in [5.41, 5.74) is 1.09. The van der Waals surface area contributed by atoms with Crippen molar-refractivity contribution in [3.05, 3.63) is 29.8 Å². The third-order valence-electron chi connectivity index (χ3n) is 3.34. The van der Waals surface area contributed by atoms with Crippen molar-refractivity contribution in [2.24, 2.45) is 0 Å². The van der Waals surface area contributed by atoms with Crippen LogP contribution in [0.2, 0.25) is 0 Å². The molecule has 0 radical (unpaired) electrons. The molecule has 0 spiro atoms. The molecule has 2 N–H and O–H groups in total. The zero-order chi connectivity index (χ0) is 15.3. The summed E-state index contributed by atoms with van der Waals surface area (Å²) in [6.45, 7) is 4.53. The van der Waals surface area contributed by atoms with Crippen molar-refractivity contribution in [1.29, 1.82) is 0 Å². The van der Waals surface area contributed by atoms with Crippen molar-refractivity contribution >= 4 is 0 Å². The van der Waals surface area contributed by atoms with Gasteiger partial charge in [-0.1, -0.05) is 44.4 Å². The number of nitrogens with one attached hydrogen (secondary N) is 1. The van der Waals surface area contributed by atoms with Gasteiger partial charge in [-0.25, -0.2) is 0 Å². The number of para-hydroxylation sites is 1. The number of aliphatic hydroxyl groups excluding tert-OH is 1. The molecule has 0 heterocycles. The fourth-order valence-corrected chi connectivity index (χ4v) is 2.13. The van der Waals surface area contributed by atoms with Gasteiger partial charge in [0.15, 0.2) is 0 Å². The molecule has 21 heavy (non-hydrogen) atoms. The Hall–Kier alpha value is -1.10. The number of hydrogen-bond donors (Lipinski definition) is 2. The third kappa shape index (κ3) is 8.05. The molecule has 0 aliphatic carbocycles. The molecule has 120 valence electrons. The Balaban J connectivity index is 2.09. The van der Waals surface area contributed by atoms with Crippen molar-refractivity contribution in [3.8, 4) is 5.75 Å². The van der Waals surface area contributed by atoms with Gasteiger partial charge in [0.25, 0.3) is 0 Å². The van der Waals surface area contributed by atoms with Crippen molar-refractivity contribution in [2.45, 2.75) is 45.3 Å². The first-order valence-corrected chi connectivity index (χ1v) is 7.86. The Morgan fingerprint density at radius 3 is 2.76 bits per heavy atom. The number of methoxy groups -OCH3 is 1. The van der Waals surface area contributed by atoms with Crippen LogP contribution in [0.4, 0.5) is 0 Å². The standard InChI is InChI=1S/C17H29NO3/c1-3-4-5-8-11-21-14-16(19)13-18-12-15-9-6-7-10-17(15)20-2/h6-7,9-10,16,18-19H,3-5,8,11-14H2,1-2H3. The number of hydrogen-bond acceptors (Lipinski definition) is 4. The lowest BCUT2D eigenvalue weighted by Crippen LogP contribution is -2.30. The van der Waals surface area contributed by atoms with Gasteiger partial charge in [0.05, 0.1) is 19.8 Å². The fourth-order valence-electron chi connectivity index (χ4n) is 2.13. The lowest BCUT2D eigenvalue weighted by atomic mass is 10.2. The average Bonchev–Trinajstić information content (AvgIpc) is 2.51. The van der Waals surface area contributed by atoms with E-state index in [2.05, 4.69) is 12.2 Å². The molecule has 4 heteroatoms. The highest BCUT2D eigenvalue weighted by Gasteiger charge is 2.05. The molecule has 0 aromatic heterocycles. The Morgan fingerprint density at radius 1 is 1.19 bits per heavy atom. The van der Waals surface area contributed by atoms with E-state index in [0.717, 1.165) is 24.3 Å². The van der Waals surface area contributed by atoms with Crippen LogP contribution in [0.5, 0.6) is 5.75 Å². The van der Waals surface area contributed by atoms with E-state index < -0.39 is 6.10 Å². The van der Waals surface area contributed by atoms with Crippen LogP contribution in [-0.4, -0.2) is 38.1 Å². The maximum Gasteiger partial charge on any atom is 0.123 e. The smallest absolute Gasteiger partial charge is 0.123 e. The molecule has 0 aliphatic rings. The molecule has 1 atom stereocenters.